The minimum atomic E-state index is -0.719. The smallest absolute Gasteiger partial charge is 0.309 e. The van der Waals surface area contributed by atoms with Crippen molar-refractivity contribution in [3.63, 3.8) is 0 Å². The van der Waals surface area contributed by atoms with Crippen molar-refractivity contribution in [3.8, 4) is 5.75 Å². The molecule has 0 heterocycles. The molecule has 0 spiro atoms. The molecule has 7 heteroatoms. The maximum Gasteiger partial charge on any atom is 0.309 e. The number of halogens is 1. The van der Waals surface area contributed by atoms with Crippen LogP contribution in [-0.4, -0.2) is 32.6 Å². The van der Waals surface area contributed by atoms with Crippen molar-refractivity contribution in [2.75, 3.05) is 20.8 Å². The zero-order valence-corrected chi connectivity index (χ0v) is 15.4. The predicted octanol–water partition coefficient (Wildman–Crippen LogP) is 2.47. The standard InChI is InChI=1S/C19H21ClN2O4/c1-25-16-5-3-4-14(10-16)17(26-2)12-22-19(24)18(23)21-11-13-6-8-15(20)9-7-13/h3-10,17H,11-12H2,1-2H3,(H,21,23)(H,22,24). The fraction of sp³-hybridized carbons (Fsp3) is 0.263. The molecule has 0 bridgehead atoms. The Bertz CT molecular complexity index is 749. The normalized spacial score (nSPS) is 11.5. The highest BCUT2D eigenvalue weighted by molar-refractivity contribution is 6.35. The van der Waals surface area contributed by atoms with E-state index in [9.17, 15) is 9.59 Å². The Morgan fingerprint density at radius 3 is 2.38 bits per heavy atom. The molecular weight excluding hydrogens is 356 g/mol. The van der Waals surface area contributed by atoms with Crippen LogP contribution in [-0.2, 0) is 20.9 Å². The van der Waals surface area contributed by atoms with Crippen LogP contribution in [0.3, 0.4) is 0 Å². The number of methoxy groups -OCH3 is 2. The van der Waals surface area contributed by atoms with Crippen LogP contribution in [0.4, 0.5) is 0 Å². The van der Waals surface area contributed by atoms with Gasteiger partial charge in [-0.1, -0.05) is 35.9 Å². The molecule has 0 saturated carbocycles. The summed E-state index contributed by atoms with van der Waals surface area (Å²) in [6.45, 7) is 0.407. The van der Waals surface area contributed by atoms with Crippen LogP contribution in [0.15, 0.2) is 48.5 Å². The van der Waals surface area contributed by atoms with Gasteiger partial charge in [-0.15, -0.1) is 0 Å². The maximum atomic E-state index is 12.0. The number of amides is 2. The van der Waals surface area contributed by atoms with E-state index in [1.165, 1.54) is 7.11 Å². The maximum absolute atomic E-state index is 12.0. The van der Waals surface area contributed by atoms with Gasteiger partial charge in [-0.3, -0.25) is 9.59 Å². The molecule has 0 radical (unpaired) electrons. The zero-order chi connectivity index (χ0) is 18.9. The summed E-state index contributed by atoms with van der Waals surface area (Å²) in [6.07, 6.45) is -0.391. The molecule has 0 saturated heterocycles. The molecule has 2 aromatic carbocycles. The van der Waals surface area contributed by atoms with Crippen molar-refractivity contribution in [1.82, 2.24) is 10.6 Å². The number of ether oxygens (including phenoxy) is 2. The molecular formula is C19H21ClN2O4. The Kier molecular flexibility index (Phi) is 7.44. The highest BCUT2D eigenvalue weighted by Crippen LogP contribution is 2.20. The minimum Gasteiger partial charge on any atom is -0.497 e. The number of hydrogen-bond acceptors (Lipinski definition) is 4. The molecule has 2 rings (SSSR count). The Balaban J connectivity index is 1.85. The lowest BCUT2D eigenvalue weighted by Gasteiger charge is -2.17. The van der Waals surface area contributed by atoms with Crippen molar-refractivity contribution >= 4 is 23.4 Å². The first-order chi connectivity index (χ1) is 12.5. The van der Waals surface area contributed by atoms with E-state index in [2.05, 4.69) is 10.6 Å². The van der Waals surface area contributed by atoms with Crippen LogP contribution in [0.1, 0.15) is 17.2 Å². The van der Waals surface area contributed by atoms with Gasteiger partial charge in [0.2, 0.25) is 0 Å². The molecule has 26 heavy (non-hydrogen) atoms. The highest BCUT2D eigenvalue weighted by Gasteiger charge is 2.17. The Morgan fingerprint density at radius 2 is 1.73 bits per heavy atom. The van der Waals surface area contributed by atoms with E-state index in [-0.39, 0.29) is 13.1 Å². The Morgan fingerprint density at radius 1 is 1.04 bits per heavy atom. The first-order valence-electron chi connectivity index (χ1n) is 8.00. The molecule has 2 aromatic rings. The summed E-state index contributed by atoms with van der Waals surface area (Å²) in [5.74, 6) is -0.735. The van der Waals surface area contributed by atoms with Crippen molar-refractivity contribution in [1.29, 1.82) is 0 Å². The molecule has 1 unspecified atom stereocenters. The molecule has 0 aromatic heterocycles. The lowest BCUT2D eigenvalue weighted by atomic mass is 10.1. The van der Waals surface area contributed by atoms with E-state index >= 15 is 0 Å². The quantitative estimate of drug-likeness (QED) is 0.728. The first kappa shape index (κ1) is 19.8. The average Bonchev–Trinajstić information content (AvgIpc) is 2.67. The van der Waals surface area contributed by atoms with Gasteiger partial charge in [0.1, 0.15) is 5.75 Å². The lowest BCUT2D eigenvalue weighted by molar-refractivity contribution is -0.139. The van der Waals surface area contributed by atoms with Gasteiger partial charge < -0.3 is 20.1 Å². The largest absolute Gasteiger partial charge is 0.497 e. The van der Waals surface area contributed by atoms with Gasteiger partial charge >= 0.3 is 11.8 Å². The number of benzene rings is 2. The van der Waals surface area contributed by atoms with Crippen molar-refractivity contribution in [3.05, 3.63) is 64.7 Å². The Hall–Kier alpha value is -2.57. The second-order valence-corrected chi connectivity index (χ2v) is 5.96. The monoisotopic (exact) mass is 376 g/mol. The molecule has 2 N–H and O–H groups in total. The number of nitrogens with one attached hydrogen (secondary N) is 2. The third-order valence-electron chi connectivity index (χ3n) is 3.77. The Labute approximate surface area is 157 Å². The second-order valence-electron chi connectivity index (χ2n) is 5.52. The van der Waals surface area contributed by atoms with Crippen molar-refractivity contribution in [2.24, 2.45) is 0 Å². The lowest BCUT2D eigenvalue weighted by Crippen LogP contribution is -2.41. The zero-order valence-electron chi connectivity index (χ0n) is 14.6. The van der Waals surface area contributed by atoms with Gasteiger partial charge in [-0.05, 0) is 35.4 Å². The number of carbonyl (C=O) groups excluding carboxylic acids is 2. The number of carbonyl (C=O) groups is 2. The van der Waals surface area contributed by atoms with Gasteiger partial charge in [0, 0.05) is 25.2 Å². The summed E-state index contributed by atoms with van der Waals surface area (Å²) in [5.41, 5.74) is 1.69. The van der Waals surface area contributed by atoms with E-state index < -0.39 is 17.9 Å². The molecule has 0 aliphatic carbocycles. The van der Waals surface area contributed by atoms with Crippen LogP contribution in [0.5, 0.6) is 5.75 Å². The fourth-order valence-corrected chi connectivity index (χ4v) is 2.44. The van der Waals surface area contributed by atoms with Crippen molar-refractivity contribution in [2.45, 2.75) is 12.6 Å². The summed E-state index contributed by atoms with van der Waals surface area (Å²) in [6, 6.07) is 14.3. The van der Waals surface area contributed by atoms with Gasteiger partial charge in [0.25, 0.3) is 0 Å². The number of rotatable bonds is 7. The third-order valence-corrected chi connectivity index (χ3v) is 4.02. The van der Waals surface area contributed by atoms with E-state index in [1.807, 2.05) is 24.3 Å². The summed E-state index contributed by atoms with van der Waals surface area (Å²) in [7, 11) is 3.12. The van der Waals surface area contributed by atoms with E-state index in [4.69, 9.17) is 21.1 Å². The SMILES string of the molecule is COc1cccc(C(CNC(=O)C(=O)NCc2ccc(Cl)cc2)OC)c1. The van der Waals surface area contributed by atoms with E-state index in [0.29, 0.717) is 10.8 Å². The van der Waals surface area contributed by atoms with Crippen LogP contribution < -0.4 is 15.4 Å². The molecule has 138 valence electrons. The van der Waals surface area contributed by atoms with Crippen LogP contribution >= 0.6 is 11.6 Å². The van der Waals surface area contributed by atoms with E-state index in [1.54, 1.807) is 31.4 Å². The summed E-state index contributed by atoms with van der Waals surface area (Å²) in [4.78, 5) is 23.9. The first-order valence-corrected chi connectivity index (χ1v) is 8.38. The molecule has 0 aliphatic heterocycles. The number of hydrogen-bond donors (Lipinski definition) is 2. The molecule has 6 nitrogen and oxygen atoms in total. The van der Waals surface area contributed by atoms with Gasteiger partial charge in [0.05, 0.1) is 13.2 Å². The molecule has 0 fully saturated rings. The van der Waals surface area contributed by atoms with Gasteiger partial charge in [-0.25, -0.2) is 0 Å². The summed E-state index contributed by atoms with van der Waals surface area (Å²) < 4.78 is 10.6. The fourth-order valence-electron chi connectivity index (χ4n) is 2.31. The molecule has 0 aliphatic rings. The minimum absolute atomic E-state index is 0.164. The van der Waals surface area contributed by atoms with E-state index in [0.717, 1.165) is 11.1 Å². The third kappa shape index (κ3) is 5.75. The van der Waals surface area contributed by atoms with Gasteiger partial charge in [-0.2, -0.15) is 0 Å². The summed E-state index contributed by atoms with van der Waals surface area (Å²) >= 11 is 5.81. The van der Waals surface area contributed by atoms with Crippen LogP contribution in [0, 0.1) is 0 Å². The van der Waals surface area contributed by atoms with Crippen LogP contribution in [0.25, 0.3) is 0 Å². The topological polar surface area (TPSA) is 76.7 Å². The predicted molar refractivity (Wildman–Crippen MR) is 99.1 cm³/mol. The molecule has 2 amide bonds. The highest BCUT2D eigenvalue weighted by atomic mass is 35.5. The summed E-state index contributed by atoms with van der Waals surface area (Å²) in [5, 5.41) is 5.75. The van der Waals surface area contributed by atoms with Crippen molar-refractivity contribution < 1.29 is 19.1 Å². The molecule has 1 atom stereocenters. The van der Waals surface area contributed by atoms with Crippen LogP contribution in [0.2, 0.25) is 5.02 Å². The second kappa shape index (κ2) is 9.79. The van der Waals surface area contributed by atoms with Gasteiger partial charge in [0.15, 0.2) is 0 Å². The average molecular weight is 377 g/mol.